The molecule has 0 unspecified atom stereocenters. The van der Waals surface area contributed by atoms with Gasteiger partial charge in [-0.3, -0.25) is 4.79 Å². The van der Waals surface area contributed by atoms with Crippen LogP contribution in [0.4, 0.5) is 0 Å². The second kappa shape index (κ2) is 5.75. The fraction of sp³-hybridized carbons (Fsp3) is 0.467. The van der Waals surface area contributed by atoms with Gasteiger partial charge < -0.3 is 24.2 Å². The summed E-state index contributed by atoms with van der Waals surface area (Å²) < 4.78 is 16.2. The summed E-state index contributed by atoms with van der Waals surface area (Å²) in [5.74, 6) is -0.293. The molecule has 1 N–H and O–H groups in total. The fourth-order valence-electron chi connectivity index (χ4n) is 1.99. The number of amides is 1. The summed E-state index contributed by atoms with van der Waals surface area (Å²) in [6.07, 6.45) is 0. The number of carboxylic acid groups (broad SMARTS) is 1. The van der Waals surface area contributed by atoms with Crippen LogP contribution in [0.5, 0.6) is 17.2 Å². The highest BCUT2D eigenvalue weighted by molar-refractivity contribution is 5.98. The van der Waals surface area contributed by atoms with E-state index in [1.54, 1.807) is 0 Å². The first-order chi connectivity index (χ1) is 10.3. The third-order valence-corrected chi connectivity index (χ3v) is 3.74. The number of carbonyl (C=O) groups is 2. The molecule has 0 spiro atoms. The van der Waals surface area contributed by atoms with Gasteiger partial charge in [-0.15, -0.1) is 0 Å². The first kappa shape index (κ1) is 15.9. The summed E-state index contributed by atoms with van der Waals surface area (Å²) >= 11 is 0. The van der Waals surface area contributed by atoms with E-state index in [0.29, 0.717) is 30.5 Å². The molecule has 0 aliphatic carbocycles. The first-order valence-electron chi connectivity index (χ1n) is 6.78. The molecule has 22 heavy (non-hydrogen) atoms. The topological polar surface area (TPSA) is 85.3 Å². The molecule has 1 heterocycles. The molecule has 1 aliphatic heterocycles. The number of nitrogens with zero attached hydrogens (tertiary/aromatic N) is 1. The second-order valence-electron chi connectivity index (χ2n) is 5.43. The van der Waals surface area contributed by atoms with Gasteiger partial charge in [0.25, 0.3) is 5.91 Å². The average Bonchev–Trinajstić information content (AvgIpc) is 2.51. The summed E-state index contributed by atoms with van der Waals surface area (Å²) in [6.45, 7) is 3.71. The minimum Gasteiger partial charge on any atom is -0.493 e. The van der Waals surface area contributed by atoms with Crippen molar-refractivity contribution in [2.45, 2.75) is 19.4 Å². The number of aliphatic carboxylic acids is 1. The van der Waals surface area contributed by atoms with E-state index in [1.807, 2.05) is 0 Å². The Labute approximate surface area is 128 Å². The van der Waals surface area contributed by atoms with Gasteiger partial charge in [-0.2, -0.15) is 0 Å². The van der Waals surface area contributed by atoms with Gasteiger partial charge in [-0.25, -0.2) is 4.79 Å². The molecule has 1 aromatic rings. The standard InChI is InChI=1S/C15H19NO6/c1-15(2,14(18)19)16(3)13(17)9-7-10(20-4)12-11(8-9)21-5-6-22-12/h7-8H,5-6H2,1-4H3,(H,18,19). The molecule has 1 amide bonds. The van der Waals surface area contributed by atoms with Crippen LogP contribution in [0.1, 0.15) is 24.2 Å². The molecular formula is C15H19NO6. The number of methoxy groups -OCH3 is 1. The molecule has 1 aromatic carbocycles. The van der Waals surface area contributed by atoms with Crippen LogP contribution in [-0.2, 0) is 4.79 Å². The van der Waals surface area contributed by atoms with Crippen molar-refractivity contribution in [3.05, 3.63) is 17.7 Å². The molecule has 120 valence electrons. The maximum Gasteiger partial charge on any atom is 0.329 e. The van der Waals surface area contributed by atoms with Crippen molar-refractivity contribution in [1.29, 1.82) is 0 Å². The lowest BCUT2D eigenvalue weighted by Gasteiger charge is -2.32. The maximum atomic E-state index is 12.6. The lowest BCUT2D eigenvalue weighted by Crippen LogP contribution is -2.50. The summed E-state index contributed by atoms with van der Waals surface area (Å²) in [4.78, 5) is 25.0. The van der Waals surface area contributed by atoms with E-state index >= 15 is 0 Å². The van der Waals surface area contributed by atoms with Crippen LogP contribution >= 0.6 is 0 Å². The first-order valence-corrected chi connectivity index (χ1v) is 6.78. The summed E-state index contributed by atoms with van der Waals surface area (Å²) in [7, 11) is 2.91. The van der Waals surface area contributed by atoms with Crippen LogP contribution in [-0.4, -0.2) is 54.8 Å². The summed E-state index contributed by atoms with van der Waals surface area (Å²) in [5, 5.41) is 9.24. The number of hydrogen-bond acceptors (Lipinski definition) is 5. The Kier molecular flexibility index (Phi) is 4.16. The Morgan fingerprint density at radius 1 is 1.27 bits per heavy atom. The van der Waals surface area contributed by atoms with Crippen molar-refractivity contribution in [2.75, 3.05) is 27.4 Å². The molecule has 0 saturated heterocycles. The third kappa shape index (κ3) is 2.66. The molecular weight excluding hydrogens is 290 g/mol. The molecule has 1 aliphatic rings. The van der Waals surface area contributed by atoms with Gasteiger partial charge in [-0.1, -0.05) is 0 Å². The highest BCUT2D eigenvalue weighted by atomic mass is 16.6. The van der Waals surface area contributed by atoms with Crippen LogP contribution in [0.2, 0.25) is 0 Å². The zero-order valence-electron chi connectivity index (χ0n) is 13.0. The van der Waals surface area contributed by atoms with Crippen LogP contribution in [0.15, 0.2) is 12.1 Å². The lowest BCUT2D eigenvalue weighted by molar-refractivity contribution is -0.147. The number of fused-ring (bicyclic) bond motifs is 1. The summed E-state index contributed by atoms with van der Waals surface area (Å²) in [6, 6.07) is 3.05. The average molecular weight is 309 g/mol. The molecule has 0 saturated carbocycles. The van der Waals surface area contributed by atoms with E-state index in [4.69, 9.17) is 14.2 Å². The normalized spacial score (nSPS) is 13.5. The van der Waals surface area contributed by atoms with Crippen LogP contribution in [0, 0.1) is 0 Å². The molecule has 0 atom stereocenters. The van der Waals surface area contributed by atoms with E-state index < -0.39 is 17.4 Å². The van der Waals surface area contributed by atoms with Crippen molar-refractivity contribution in [2.24, 2.45) is 0 Å². The maximum absolute atomic E-state index is 12.6. The lowest BCUT2D eigenvalue weighted by atomic mass is 10.0. The minimum absolute atomic E-state index is 0.276. The number of likely N-dealkylation sites (N-methyl/N-ethyl adjacent to an activating group) is 1. The molecule has 0 radical (unpaired) electrons. The summed E-state index contributed by atoms with van der Waals surface area (Å²) in [5.41, 5.74) is -1.06. The minimum atomic E-state index is -1.34. The van der Waals surface area contributed by atoms with Gasteiger partial charge in [0, 0.05) is 12.6 Å². The Bertz CT molecular complexity index is 593. The number of ether oxygens (including phenoxy) is 3. The van der Waals surface area contributed by atoms with Crippen LogP contribution in [0.3, 0.4) is 0 Å². The number of carboxylic acids is 1. The van der Waals surface area contributed by atoms with E-state index in [-0.39, 0.29) is 5.56 Å². The fourth-order valence-corrected chi connectivity index (χ4v) is 1.99. The van der Waals surface area contributed by atoms with Gasteiger partial charge in [0.1, 0.15) is 18.8 Å². The number of rotatable bonds is 4. The zero-order chi connectivity index (χ0) is 16.5. The Balaban J connectivity index is 2.40. The van der Waals surface area contributed by atoms with E-state index in [9.17, 15) is 14.7 Å². The quantitative estimate of drug-likeness (QED) is 0.905. The van der Waals surface area contributed by atoms with E-state index in [1.165, 1.54) is 45.0 Å². The van der Waals surface area contributed by atoms with Gasteiger partial charge in [0.05, 0.1) is 7.11 Å². The monoisotopic (exact) mass is 309 g/mol. The second-order valence-corrected chi connectivity index (χ2v) is 5.43. The number of benzene rings is 1. The van der Waals surface area contributed by atoms with Crippen LogP contribution in [0.25, 0.3) is 0 Å². The zero-order valence-corrected chi connectivity index (χ0v) is 13.0. The van der Waals surface area contributed by atoms with Gasteiger partial charge in [0.15, 0.2) is 11.5 Å². The van der Waals surface area contributed by atoms with Crippen molar-refractivity contribution in [3.8, 4) is 17.2 Å². The van der Waals surface area contributed by atoms with E-state index in [2.05, 4.69) is 0 Å². The Hall–Kier alpha value is -2.44. The molecule has 0 aromatic heterocycles. The Morgan fingerprint density at radius 2 is 1.91 bits per heavy atom. The highest BCUT2D eigenvalue weighted by Gasteiger charge is 2.36. The number of carbonyl (C=O) groups excluding carboxylic acids is 1. The third-order valence-electron chi connectivity index (χ3n) is 3.74. The van der Waals surface area contributed by atoms with Crippen molar-refractivity contribution in [3.63, 3.8) is 0 Å². The predicted octanol–water partition coefficient (Wildman–Crippen LogP) is 1.40. The molecule has 2 rings (SSSR count). The predicted molar refractivity (Wildman–Crippen MR) is 77.8 cm³/mol. The molecule has 0 fully saturated rings. The highest BCUT2D eigenvalue weighted by Crippen LogP contribution is 2.40. The smallest absolute Gasteiger partial charge is 0.329 e. The van der Waals surface area contributed by atoms with Crippen LogP contribution < -0.4 is 14.2 Å². The molecule has 0 bridgehead atoms. The molecule has 7 nitrogen and oxygen atoms in total. The van der Waals surface area contributed by atoms with Gasteiger partial charge in [-0.05, 0) is 26.0 Å². The van der Waals surface area contributed by atoms with Crippen molar-refractivity contribution in [1.82, 2.24) is 4.90 Å². The Morgan fingerprint density at radius 3 is 2.50 bits per heavy atom. The van der Waals surface area contributed by atoms with Crippen molar-refractivity contribution >= 4 is 11.9 Å². The largest absolute Gasteiger partial charge is 0.493 e. The number of hydrogen-bond donors (Lipinski definition) is 1. The van der Waals surface area contributed by atoms with Crippen molar-refractivity contribution < 1.29 is 28.9 Å². The van der Waals surface area contributed by atoms with Gasteiger partial charge >= 0.3 is 5.97 Å². The molecule has 7 heteroatoms. The van der Waals surface area contributed by atoms with Gasteiger partial charge in [0.2, 0.25) is 5.75 Å². The van der Waals surface area contributed by atoms with E-state index in [0.717, 1.165) is 0 Å². The SMILES string of the molecule is COc1cc(C(=O)N(C)C(C)(C)C(=O)O)cc2c1OCCO2.